The molecule has 3 unspecified atom stereocenters. The Morgan fingerprint density at radius 1 is 1.10 bits per heavy atom. The van der Waals surface area contributed by atoms with E-state index in [1.165, 1.54) is 0 Å². The average molecular weight is 300 g/mol. The molecule has 0 aromatic heterocycles. The Balaban J connectivity index is 1.85. The quantitative estimate of drug-likeness (QED) is 0.657. The molecular formula is C15H24O6. The zero-order valence-corrected chi connectivity index (χ0v) is 12.7. The fourth-order valence-electron chi connectivity index (χ4n) is 4.89. The third-order valence-corrected chi connectivity index (χ3v) is 6.18. The van der Waals surface area contributed by atoms with E-state index in [2.05, 4.69) is 6.92 Å². The van der Waals surface area contributed by atoms with Gasteiger partial charge in [0.15, 0.2) is 18.2 Å². The molecule has 6 heteroatoms. The van der Waals surface area contributed by atoms with E-state index < -0.39 is 29.6 Å². The number of fused-ring (bicyclic) bond motifs is 2. The molecule has 8 atom stereocenters. The van der Waals surface area contributed by atoms with E-state index in [0.717, 1.165) is 19.3 Å². The van der Waals surface area contributed by atoms with Gasteiger partial charge in [0.1, 0.15) is 5.60 Å². The van der Waals surface area contributed by atoms with Gasteiger partial charge in [-0.25, -0.2) is 9.78 Å². The summed E-state index contributed by atoms with van der Waals surface area (Å²) in [6, 6.07) is 0. The van der Waals surface area contributed by atoms with E-state index >= 15 is 0 Å². The Kier molecular flexibility index (Phi) is 2.86. The van der Waals surface area contributed by atoms with Gasteiger partial charge >= 0.3 is 0 Å². The lowest BCUT2D eigenvalue weighted by atomic mass is 9.57. The van der Waals surface area contributed by atoms with Crippen molar-refractivity contribution in [3.8, 4) is 0 Å². The van der Waals surface area contributed by atoms with Crippen LogP contribution >= 0.6 is 0 Å². The molecule has 4 saturated heterocycles. The molecule has 5 aliphatic rings. The monoisotopic (exact) mass is 300 g/mol. The second-order valence-electron chi connectivity index (χ2n) is 7.57. The normalized spacial score (nSPS) is 63.0. The molecule has 1 aliphatic carbocycles. The molecule has 2 N–H and O–H groups in total. The van der Waals surface area contributed by atoms with E-state index in [-0.39, 0.29) is 11.8 Å². The van der Waals surface area contributed by atoms with Crippen molar-refractivity contribution < 1.29 is 29.5 Å². The van der Waals surface area contributed by atoms with Crippen molar-refractivity contribution in [1.29, 1.82) is 0 Å². The standard InChI is InChI=1S/C15H24O6/c1-8-4-5-10-14(3,17)11(16)18-12-15(10)9(8)6-7-13(2,19-12)20-21-15/h8-12,16-17H,4-7H2,1-3H3/t8-,9?,10?,11?,12-,13-,14+,15-/m1/s1. The van der Waals surface area contributed by atoms with Crippen molar-refractivity contribution in [3.05, 3.63) is 0 Å². The molecule has 4 heterocycles. The summed E-state index contributed by atoms with van der Waals surface area (Å²) < 4.78 is 11.6. The molecule has 0 amide bonds. The fourth-order valence-corrected chi connectivity index (χ4v) is 4.89. The van der Waals surface area contributed by atoms with E-state index in [9.17, 15) is 10.2 Å². The van der Waals surface area contributed by atoms with Crippen molar-refractivity contribution in [1.82, 2.24) is 0 Å². The van der Waals surface area contributed by atoms with Crippen LogP contribution in [0, 0.1) is 17.8 Å². The highest BCUT2D eigenvalue weighted by Crippen LogP contribution is 2.61. The minimum absolute atomic E-state index is 0.185. The predicted molar refractivity (Wildman–Crippen MR) is 70.5 cm³/mol. The summed E-state index contributed by atoms with van der Waals surface area (Å²) in [7, 11) is 0. The summed E-state index contributed by atoms with van der Waals surface area (Å²) in [6.07, 6.45) is 1.39. The molecule has 6 nitrogen and oxygen atoms in total. The van der Waals surface area contributed by atoms with Crippen LogP contribution in [0.1, 0.15) is 46.5 Å². The number of ether oxygens (including phenoxy) is 2. The van der Waals surface area contributed by atoms with Gasteiger partial charge in [0.2, 0.25) is 5.79 Å². The first-order valence-corrected chi connectivity index (χ1v) is 7.90. The number of hydrogen-bond donors (Lipinski definition) is 2. The van der Waals surface area contributed by atoms with Crippen LogP contribution in [0.25, 0.3) is 0 Å². The molecule has 120 valence electrons. The van der Waals surface area contributed by atoms with Crippen LogP contribution in [0.5, 0.6) is 0 Å². The SMILES string of the molecule is C[C@@H]1CCC2[C@](C)(O)C(O)O[C@@H]3O[C@@]4(C)CCC1[C@@]23OO4. The minimum atomic E-state index is -1.38. The molecule has 1 saturated carbocycles. The van der Waals surface area contributed by atoms with Crippen molar-refractivity contribution in [2.45, 2.75) is 76.0 Å². The molecule has 1 spiro atoms. The highest BCUT2D eigenvalue weighted by molar-refractivity contribution is 5.13. The van der Waals surface area contributed by atoms with Crippen LogP contribution in [-0.2, 0) is 19.2 Å². The summed E-state index contributed by atoms with van der Waals surface area (Å²) in [5.41, 5.74) is -2.21. The lowest BCUT2D eigenvalue weighted by molar-refractivity contribution is -0.583. The summed E-state index contributed by atoms with van der Waals surface area (Å²) >= 11 is 0. The van der Waals surface area contributed by atoms with Gasteiger partial charge in [-0.1, -0.05) is 6.92 Å². The molecule has 0 radical (unpaired) electrons. The van der Waals surface area contributed by atoms with Gasteiger partial charge < -0.3 is 19.7 Å². The summed E-state index contributed by atoms with van der Waals surface area (Å²) in [6.45, 7) is 5.65. The van der Waals surface area contributed by atoms with Gasteiger partial charge in [-0.2, -0.15) is 0 Å². The van der Waals surface area contributed by atoms with Gasteiger partial charge in [-0.15, -0.1) is 0 Å². The fraction of sp³-hybridized carbons (Fsp3) is 1.00. The maximum absolute atomic E-state index is 10.8. The second-order valence-corrected chi connectivity index (χ2v) is 7.57. The molecule has 5 rings (SSSR count). The zero-order valence-electron chi connectivity index (χ0n) is 12.7. The second kappa shape index (κ2) is 4.19. The first kappa shape index (κ1) is 14.4. The third kappa shape index (κ3) is 1.69. The van der Waals surface area contributed by atoms with Gasteiger partial charge in [0, 0.05) is 12.3 Å². The molecule has 0 aromatic carbocycles. The predicted octanol–water partition coefficient (Wildman–Crippen LogP) is 1.30. The summed E-state index contributed by atoms with van der Waals surface area (Å²) in [4.78, 5) is 11.5. The van der Waals surface area contributed by atoms with Crippen LogP contribution in [0.15, 0.2) is 0 Å². The number of rotatable bonds is 0. The topological polar surface area (TPSA) is 77.4 Å². The van der Waals surface area contributed by atoms with Crippen LogP contribution in [-0.4, -0.2) is 39.8 Å². The van der Waals surface area contributed by atoms with Crippen LogP contribution in [0.2, 0.25) is 0 Å². The van der Waals surface area contributed by atoms with E-state index in [0.29, 0.717) is 12.3 Å². The number of hydrogen-bond acceptors (Lipinski definition) is 6. The van der Waals surface area contributed by atoms with E-state index in [4.69, 9.17) is 19.2 Å². The first-order valence-electron chi connectivity index (χ1n) is 7.90. The Hall–Kier alpha value is -0.240. The number of aliphatic hydroxyl groups excluding tert-OH is 1. The van der Waals surface area contributed by atoms with Crippen molar-refractivity contribution in [3.63, 3.8) is 0 Å². The maximum atomic E-state index is 10.8. The minimum Gasteiger partial charge on any atom is -0.384 e. The molecule has 4 aliphatic heterocycles. The largest absolute Gasteiger partial charge is 0.384 e. The highest BCUT2D eigenvalue weighted by Gasteiger charge is 2.72. The maximum Gasteiger partial charge on any atom is 0.201 e. The molecule has 0 aromatic rings. The van der Waals surface area contributed by atoms with Crippen molar-refractivity contribution in [2.24, 2.45) is 17.8 Å². The Morgan fingerprint density at radius 2 is 1.86 bits per heavy atom. The Bertz CT molecular complexity index is 453. The van der Waals surface area contributed by atoms with Gasteiger partial charge in [-0.3, -0.25) is 0 Å². The Labute approximate surface area is 124 Å². The highest BCUT2D eigenvalue weighted by atomic mass is 17.3. The van der Waals surface area contributed by atoms with Gasteiger partial charge in [0.25, 0.3) is 0 Å². The molecule has 5 fully saturated rings. The zero-order chi connectivity index (χ0) is 15.0. The summed E-state index contributed by atoms with van der Waals surface area (Å²) in [5, 5.41) is 21.0. The van der Waals surface area contributed by atoms with E-state index in [1.807, 2.05) is 6.92 Å². The smallest absolute Gasteiger partial charge is 0.201 e. The summed E-state index contributed by atoms with van der Waals surface area (Å²) in [5.74, 6) is -0.501. The van der Waals surface area contributed by atoms with Crippen LogP contribution < -0.4 is 0 Å². The Morgan fingerprint density at radius 3 is 2.62 bits per heavy atom. The first-order chi connectivity index (χ1) is 9.80. The van der Waals surface area contributed by atoms with E-state index in [1.54, 1.807) is 6.92 Å². The lowest BCUT2D eigenvalue weighted by Crippen LogP contribution is -2.75. The third-order valence-electron chi connectivity index (χ3n) is 6.18. The average Bonchev–Trinajstić information content (AvgIpc) is 2.63. The van der Waals surface area contributed by atoms with Crippen molar-refractivity contribution >= 4 is 0 Å². The van der Waals surface area contributed by atoms with Gasteiger partial charge in [0.05, 0.1) is 0 Å². The molecular weight excluding hydrogens is 276 g/mol. The van der Waals surface area contributed by atoms with Gasteiger partial charge in [-0.05, 0) is 44.9 Å². The van der Waals surface area contributed by atoms with Crippen LogP contribution in [0.3, 0.4) is 0 Å². The molecule has 2 bridgehead atoms. The number of aliphatic hydroxyl groups is 2. The lowest BCUT2D eigenvalue weighted by Gasteiger charge is -2.61. The van der Waals surface area contributed by atoms with Crippen molar-refractivity contribution in [2.75, 3.05) is 0 Å². The molecule has 21 heavy (non-hydrogen) atoms. The van der Waals surface area contributed by atoms with Crippen LogP contribution in [0.4, 0.5) is 0 Å².